The number of hydrogen-bond acceptors (Lipinski definition) is 2. The van der Waals surface area contributed by atoms with Gasteiger partial charge in [0.15, 0.2) is 0 Å². The van der Waals surface area contributed by atoms with Gasteiger partial charge in [0.25, 0.3) is 0 Å². The molecule has 3 heteroatoms. The quantitative estimate of drug-likeness (QED) is 0.822. The molecule has 0 bridgehead atoms. The van der Waals surface area contributed by atoms with E-state index in [1.165, 1.54) is 5.56 Å². The SMILES string of the molecule is CC(C)(C)c1ccc(O)cc1.O=C(O)c1ccccc1. The normalized spacial score (nSPS) is 10.3. The Morgan fingerprint density at radius 3 is 1.75 bits per heavy atom. The second kappa shape index (κ2) is 6.75. The lowest BCUT2D eigenvalue weighted by Crippen LogP contribution is -2.10. The average Bonchev–Trinajstić information content (AvgIpc) is 2.40. The lowest BCUT2D eigenvalue weighted by atomic mass is 9.87. The van der Waals surface area contributed by atoms with Crippen LogP contribution >= 0.6 is 0 Å². The van der Waals surface area contributed by atoms with Gasteiger partial charge in [-0.15, -0.1) is 0 Å². The van der Waals surface area contributed by atoms with Crippen molar-refractivity contribution in [2.75, 3.05) is 0 Å². The molecule has 0 radical (unpaired) electrons. The number of rotatable bonds is 1. The van der Waals surface area contributed by atoms with E-state index in [1.54, 1.807) is 42.5 Å². The molecule has 2 rings (SSSR count). The molecule has 0 amide bonds. The topological polar surface area (TPSA) is 57.5 Å². The van der Waals surface area contributed by atoms with Crippen molar-refractivity contribution in [3.63, 3.8) is 0 Å². The molecule has 0 spiro atoms. The Balaban J connectivity index is 0.000000204. The highest BCUT2D eigenvalue weighted by molar-refractivity contribution is 5.87. The van der Waals surface area contributed by atoms with Crippen LogP contribution in [-0.4, -0.2) is 16.2 Å². The van der Waals surface area contributed by atoms with Crippen LogP contribution in [0.4, 0.5) is 0 Å². The predicted molar refractivity (Wildman–Crippen MR) is 80.2 cm³/mol. The maximum Gasteiger partial charge on any atom is 0.335 e. The van der Waals surface area contributed by atoms with Crippen LogP contribution < -0.4 is 0 Å². The van der Waals surface area contributed by atoms with Crippen LogP contribution in [0, 0.1) is 0 Å². The molecule has 0 fully saturated rings. The summed E-state index contributed by atoms with van der Waals surface area (Å²) < 4.78 is 0. The van der Waals surface area contributed by atoms with Gasteiger partial charge in [0.05, 0.1) is 5.56 Å². The maximum absolute atomic E-state index is 10.2. The van der Waals surface area contributed by atoms with Crippen LogP contribution in [0.25, 0.3) is 0 Å². The lowest BCUT2D eigenvalue weighted by Gasteiger charge is -2.18. The second-order valence-electron chi connectivity index (χ2n) is 5.47. The summed E-state index contributed by atoms with van der Waals surface area (Å²) in [6, 6.07) is 15.6. The van der Waals surface area contributed by atoms with Gasteiger partial charge in [0.1, 0.15) is 5.75 Å². The molecule has 2 N–H and O–H groups in total. The molecule has 0 saturated heterocycles. The highest BCUT2D eigenvalue weighted by Crippen LogP contribution is 2.23. The monoisotopic (exact) mass is 272 g/mol. The van der Waals surface area contributed by atoms with Gasteiger partial charge < -0.3 is 10.2 Å². The van der Waals surface area contributed by atoms with Crippen LogP contribution in [0.1, 0.15) is 36.7 Å². The molecule has 3 nitrogen and oxygen atoms in total. The molecule has 0 aliphatic carbocycles. The standard InChI is InChI=1S/C10H14O.C7H6O2/c1-10(2,3)8-4-6-9(11)7-5-8;8-7(9)6-4-2-1-3-5-6/h4-7,11H,1-3H3;1-5H,(H,8,9). The highest BCUT2D eigenvalue weighted by Gasteiger charge is 2.12. The van der Waals surface area contributed by atoms with Crippen LogP contribution in [-0.2, 0) is 5.41 Å². The van der Waals surface area contributed by atoms with E-state index >= 15 is 0 Å². The highest BCUT2D eigenvalue weighted by atomic mass is 16.4. The minimum Gasteiger partial charge on any atom is -0.508 e. The first-order chi connectivity index (χ1) is 9.30. The van der Waals surface area contributed by atoms with Crippen molar-refractivity contribution in [1.29, 1.82) is 0 Å². The minimum absolute atomic E-state index is 0.174. The summed E-state index contributed by atoms with van der Waals surface area (Å²) >= 11 is 0. The van der Waals surface area contributed by atoms with Gasteiger partial charge in [0, 0.05) is 0 Å². The van der Waals surface area contributed by atoms with Gasteiger partial charge in [-0.2, -0.15) is 0 Å². The summed E-state index contributed by atoms with van der Waals surface area (Å²) in [4.78, 5) is 10.2. The number of phenolic OH excluding ortho intramolecular Hbond substituents is 1. The Morgan fingerprint density at radius 1 is 0.900 bits per heavy atom. The molecule has 0 aliphatic heterocycles. The first-order valence-electron chi connectivity index (χ1n) is 6.38. The first-order valence-corrected chi connectivity index (χ1v) is 6.38. The fourth-order valence-electron chi connectivity index (χ4n) is 1.54. The van der Waals surface area contributed by atoms with Crippen molar-refractivity contribution in [2.45, 2.75) is 26.2 Å². The first kappa shape index (κ1) is 15.8. The van der Waals surface area contributed by atoms with E-state index in [-0.39, 0.29) is 5.41 Å². The van der Waals surface area contributed by atoms with E-state index in [0.29, 0.717) is 11.3 Å². The number of carboxylic acids is 1. The van der Waals surface area contributed by atoms with Gasteiger partial charge in [-0.05, 0) is 35.2 Å². The van der Waals surface area contributed by atoms with E-state index in [0.717, 1.165) is 0 Å². The van der Waals surface area contributed by atoms with Crippen molar-refractivity contribution >= 4 is 5.97 Å². The molecule has 0 saturated carbocycles. The van der Waals surface area contributed by atoms with Crippen LogP contribution in [0.15, 0.2) is 54.6 Å². The summed E-state index contributed by atoms with van der Waals surface area (Å²) in [5.41, 5.74) is 1.75. The molecular weight excluding hydrogens is 252 g/mol. The third-order valence-electron chi connectivity index (χ3n) is 2.75. The third kappa shape index (κ3) is 5.14. The molecule has 106 valence electrons. The number of aromatic carboxylic acids is 1. The van der Waals surface area contributed by atoms with Gasteiger partial charge in [-0.25, -0.2) is 4.79 Å². The average molecular weight is 272 g/mol. The summed E-state index contributed by atoms with van der Waals surface area (Å²) in [5.74, 6) is -0.548. The van der Waals surface area contributed by atoms with Crippen molar-refractivity contribution in [3.8, 4) is 5.75 Å². The molecule has 20 heavy (non-hydrogen) atoms. The summed E-state index contributed by atoms with van der Waals surface area (Å²) in [6.07, 6.45) is 0. The lowest BCUT2D eigenvalue weighted by molar-refractivity contribution is 0.0697. The van der Waals surface area contributed by atoms with Gasteiger partial charge >= 0.3 is 5.97 Å². The van der Waals surface area contributed by atoms with Crippen LogP contribution in [0.2, 0.25) is 0 Å². The molecule has 0 aromatic heterocycles. The Kier molecular flexibility index (Phi) is 5.32. The minimum atomic E-state index is -0.879. The molecular formula is C17H20O3. The molecule has 0 heterocycles. The van der Waals surface area contributed by atoms with E-state index < -0.39 is 5.97 Å². The van der Waals surface area contributed by atoms with E-state index in [2.05, 4.69) is 20.8 Å². The van der Waals surface area contributed by atoms with E-state index in [4.69, 9.17) is 10.2 Å². The number of carboxylic acid groups (broad SMARTS) is 1. The molecule has 2 aromatic carbocycles. The number of phenols is 1. The fraction of sp³-hybridized carbons (Fsp3) is 0.235. The zero-order chi connectivity index (χ0) is 15.2. The molecule has 0 aliphatic rings. The Labute approximate surface area is 119 Å². The Hall–Kier alpha value is -2.29. The predicted octanol–water partition coefficient (Wildman–Crippen LogP) is 4.07. The summed E-state index contributed by atoms with van der Waals surface area (Å²) in [7, 11) is 0. The number of hydrogen-bond donors (Lipinski definition) is 2. The van der Waals surface area contributed by atoms with E-state index in [1.807, 2.05) is 12.1 Å². The number of carbonyl (C=O) groups is 1. The third-order valence-corrected chi connectivity index (χ3v) is 2.75. The van der Waals surface area contributed by atoms with Crippen molar-refractivity contribution in [1.82, 2.24) is 0 Å². The zero-order valence-corrected chi connectivity index (χ0v) is 12.0. The van der Waals surface area contributed by atoms with Gasteiger partial charge in [-0.1, -0.05) is 51.1 Å². The maximum atomic E-state index is 10.2. The number of aromatic hydroxyl groups is 1. The molecule has 2 aromatic rings. The molecule has 0 unspecified atom stereocenters. The van der Waals surface area contributed by atoms with Crippen molar-refractivity contribution in [3.05, 3.63) is 65.7 Å². The smallest absolute Gasteiger partial charge is 0.335 e. The van der Waals surface area contributed by atoms with Gasteiger partial charge in [-0.3, -0.25) is 0 Å². The fourth-order valence-corrected chi connectivity index (χ4v) is 1.54. The Bertz CT molecular complexity index is 537. The number of benzene rings is 2. The zero-order valence-electron chi connectivity index (χ0n) is 12.0. The van der Waals surface area contributed by atoms with Crippen molar-refractivity contribution < 1.29 is 15.0 Å². The van der Waals surface area contributed by atoms with Crippen LogP contribution in [0.3, 0.4) is 0 Å². The Morgan fingerprint density at radius 2 is 1.40 bits per heavy atom. The molecule has 0 atom stereocenters. The largest absolute Gasteiger partial charge is 0.508 e. The van der Waals surface area contributed by atoms with E-state index in [9.17, 15) is 4.79 Å². The van der Waals surface area contributed by atoms with Crippen LogP contribution in [0.5, 0.6) is 5.75 Å². The summed E-state index contributed by atoms with van der Waals surface area (Å²) in [6.45, 7) is 6.46. The van der Waals surface area contributed by atoms with Crippen molar-refractivity contribution in [2.24, 2.45) is 0 Å². The van der Waals surface area contributed by atoms with Gasteiger partial charge in [0.2, 0.25) is 0 Å². The second-order valence-corrected chi connectivity index (χ2v) is 5.47. The summed E-state index contributed by atoms with van der Waals surface area (Å²) in [5, 5.41) is 17.4.